The molecular weight excluding hydrogens is 386 g/mol. The van der Waals surface area contributed by atoms with Crippen molar-refractivity contribution in [2.75, 3.05) is 13.1 Å². The van der Waals surface area contributed by atoms with Crippen LogP contribution in [0.2, 0.25) is 0 Å². The van der Waals surface area contributed by atoms with E-state index in [9.17, 15) is 13.2 Å². The number of ether oxygens (including phenoxy) is 1. The number of halogens is 1. The first-order valence-electron chi connectivity index (χ1n) is 6.89. The van der Waals surface area contributed by atoms with E-state index in [2.05, 4.69) is 15.9 Å². The van der Waals surface area contributed by atoms with Crippen LogP contribution in [0.15, 0.2) is 55.0 Å². The van der Waals surface area contributed by atoms with Gasteiger partial charge < -0.3 is 9.15 Å². The number of aryl methyl sites for hydroxylation is 1. The van der Waals surface area contributed by atoms with Crippen LogP contribution in [0.4, 0.5) is 0 Å². The van der Waals surface area contributed by atoms with E-state index in [4.69, 9.17) is 9.15 Å². The van der Waals surface area contributed by atoms with Gasteiger partial charge in [0.25, 0.3) is 0 Å². The van der Waals surface area contributed by atoms with E-state index in [1.165, 1.54) is 10.4 Å². The zero-order valence-electron chi connectivity index (χ0n) is 12.2. The van der Waals surface area contributed by atoms with Crippen molar-refractivity contribution < 1.29 is 17.6 Å². The molecule has 0 amide bonds. The van der Waals surface area contributed by atoms with Crippen LogP contribution in [-0.4, -0.2) is 31.9 Å². The van der Waals surface area contributed by atoms with E-state index in [0.29, 0.717) is 16.0 Å². The number of benzene rings is 1. The van der Waals surface area contributed by atoms with Crippen LogP contribution < -0.4 is 10.4 Å². The summed E-state index contributed by atoms with van der Waals surface area (Å²) in [6.45, 7) is 2.13. The minimum Gasteiger partial charge on any atom is -0.487 e. The van der Waals surface area contributed by atoms with Crippen LogP contribution in [0.1, 0.15) is 5.76 Å². The lowest BCUT2D eigenvalue weighted by Gasteiger charge is -2.37. The molecule has 0 atom stereocenters. The van der Waals surface area contributed by atoms with Crippen LogP contribution in [0, 0.1) is 6.92 Å². The van der Waals surface area contributed by atoms with Gasteiger partial charge in [-0.15, -0.1) is 0 Å². The van der Waals surface area contributed by atoms with Crippen LogP contribution >= 0.6 is 15.9 Å². The molecule has 1 aromatic heterocycles. The van der Waals surface area contributed by atoms with Gasteiger partial charge in [0.05, 0.1) is 24.1 Å². The lowest BCUT2D eigenvalue weighted by atomic mass is 10.2. The highest BCUT2D eigenvalue weighted by Gasteiger charge is 2.38. The molecular formula is C15H14BrNO5S. The summed E-state index contributed by atoms with van der Waals surface area (Å²) in [5, 5.41) is 0. The quantitative estimate of drug-likeness (QED) is 0.786. The van der Waals surface area contributed by atoms with Crippen molar-refractivity contribution in [2.45, 2.75) is 17.9 Å². The number of nitrogens with zero attached hydrogens (tertiary/aromatic N) is 1. The Morgan fingerprint density at radius 1 is 1.26 bits per heavy atom. The summed E-state index contributed by atoms with van der Waals surface area (Å²) < 4.78 is 37.4. The Hall–Kier alpha value is -1.64. The predicted molar refractivity (Wildman–Crippen MR) is 87.0 cm³/mol. The van der Waals surface area contributed by atoms with Crippen molar-refractivity contribution in [1.29, 1.82) is 0 Å². The Bertz CT molecular complexity index is 887. The minimum absolute atomic E-state index is 0.231. The standard InChI is InChI=1S/C15H14BrNO5S/c1-10-6-11(7-15(18)21-10)22-12-8-17(9-12)23(19,20)14-5-3-2-4-13(14)16/h2-7,12H,8-9H2,1H3. The summed E-state index contributed by atoms with van der Waals surface area (Å²) in [7, 11) is -3.55. The molecule has 0 spiro atoms. The van der Waals surface area contributed by atoms with Crippen LogP contribution in [-0.2, 0) is 10.0 Å². The zero-order valence-corrected chi connectivity index (χ0v) is 14.6. The Balaban J connectivity index is 1.69. The third kappa shape index (κ3) is 3.34. The zero-order chi connectivity index (χ0) is 16.6. The fraction of sp³-hybridized carbons (Fsp3) is 0.267. The monoisotopic (exact) mass is 399 g/mol. The molecule has 0 unspecified atom stereocenters. The largest absolute Gasteiger partial charge is 0.487 e. The summed E-state index contributed by atoms with van der Waals surface area (Å²) in [4.78, 5) is 11.5. The maximum Gasteiger partial charge on any atom is 0.339 e. The second-order valence-electron chi connectivity index (χ2n) is 5.22. The van der Waals surface area contributed by atoms with Crippen molar-refractivity contribution in [1.82, 2.24) is 4.31 Å². The Labute approximate surface area is 141 Å². The summed E-state index contributed by atoms with van der Waals surface area (Å²) >= 11 is 3.26. The van der Waals surface area contributed by atoms with E-state index in [1.807, 2.05) is 0 Å². The maximum absolute atomic E-state index is 12.5. The average molecular weight is 400 g/mol. The molecule has 2 heterocycles. The van der Waals surface area contributed by atoms with Gasteiger partial charge in [0, 0.05) is 10.5 Å². The molecule has 3 rings (SSSR count). The fourth-order valence-electron chi connectivity index (χ4n) is 2.30. The normalized spacial score (nSPS) is 16.1. The van der Waals surface area contributed by atoms with Crippen LogP contribution in [0.3, 0.4) is 0 Å². The predicted octanol–water partition coefficient (Wildman–Crippen LogP) is 2.16. The third-order valence-corrected chi connectivity index (χ3v) is 6.28. The number of sulfonamides is 1. The molecule has 0 N–H and O–H groups in total. The average Bonchev–Trinajstić information content (AvgIpc) is 2.41. The number of hydrogen-bond donors (Lipinski definition) is 0. The van der Waals surface area contributed by atoms with Gasteiger partial charge in [-0.2, -0.15) is 4.31 Å². The molecule has 0 radical (unpaired) electrons. The molecule has 1 aliphatic heterocycles. The van der Waals surface area contributed by atoms with E-state index >= 15 is 0 Å². The Kier molecular flexibility index (Phi) is 4.31. The minimum atomic E-state index is -3.55. The summed E-state index contributed by atoms with van der Waals surface area (Å²) in [5.41, 5.74) is -0.489. The maximum atomic E-state index is 12.5. The number of rotatable bonds is 4. The molecule has 1 fully saturated rings. The summed E-state index contributed by atoms with van der Waals surface area (Å²) in [6, 6.07) is 9.53. The fourth-order valence-corrected chi connectivity index (χ4v) is 4.77. The van der Waals surface area contributed by atoms with E-state index in [1.54, 1.807) is 37.3 Å². The summed E-state index contributed by atoms with van der Waals surface area (Å²) in [5.74, 6) is 0.839. The Morgan fingerprint density at radius 3 is 2.61 bits per heavy atom. The highest BCUT2D eigenvalue weighted by atomic mass is 79.9. The van der Waals surface area contributed by atoms with Gasteiger partial charge in [-0.3, -0.25) is 0 Å². The molecule has 1 saturated heterocycles. The first kappa shape index (κ1) is 16.2. The van der Waals surface area contributed by atoms with Gasteiger partial charge in [-0.05, 0) is 35.0 Å². The van der Waals surface area contributed by atoms with E-state index in [-0.39, 0.29) is 24.1 Å². The van der Waals surface area contributed by atoms with Crippen molar-refractivity contribution in [3.05, 3.63) is 57.1 Å². The van der Waals surface area contributed by atoms with E-state index in [0.717, 1.165) is 0 Å². The van der Waals surface area contributed by atoms with Gasteiger partial charge >= 0.3 is 5.63 Å². The third-order valence-electron chi connectivity index (χ3n) is 3.44. The topological polar surface area (TPSA) is 76.8 Å². The molecule has 8 heteroatoms. The first-order valence-corrected chi connectivity index (χ1v) is 9.13. The van der Waals surface area contributed by atoms with Gasteiger partial charge in [0.1, 0.15) is 17.6 Å². The van der Waals surface area contributed by atoms with Crippen molar-refractivity contribution in [3.8, 4) is 5.75 Å². The smallest absolute Gasteiger partial charge is 0.339 e. The first-order chi connectivity index (χ1) is 10.9. The second kappa shape index (κ2) is 6.10. The SMILES string of the molecule is Cc1cc(OC2CN(S(=O)(=O)c3ccccc3Br)C2)cc(=O)o1. The van der Waals surface area contributed by atoms with Crippen molar-refractivity contribution in [3.63, 3.8) is 0 Å². The van der Waals surface area contributed by atoms with Gasteiger partial charge in [0.2, 0.25) is 10.0 Å². The Morgan fingerprint density at radius 2 is 1.96 bits per heavy atom. The van der Waals surface area contributed by atoms with Gasteiger partial charge in [0.15, 0.2) is 0 Å². The lowest BCUT2D eigenvalue weighted by Crippen LogP contribution is -2.56. The molecule has 122 valence electrons. The van der Waals surface area contributed by atoms with Gasteiger partial charge in [-0.1, -0.05) is 12.1 Å². The van der Waals surface area contributed by atoms with E-state index < -0.39 is 15.6 Å². The number of hydrogen-bond acceptors (Lipinski definition) is 5. The second-order valence-corrected chi connectivity index (χ2v) is 7.98. The molecule has 6 nitrogen and oxygen atoms in total. The van der Waals surface area contributed by atoms with Crippen LogP contribution in [0.5, 0.6) is 5.75 Å². The van der Waals surface area contributed by atoms with Crippen LogP contribution in [0.25, 0.3) is 0 Å². The molecule has 1 aliphatic rings. The van der Waals surface area contributed by atoms with Crippen molar-refractivity contribution >= 4 is 26.0 Å². The lowest BCUT2D eigenvalue weighted by molar-refractivity contribution is 0.0754. The highest BCUT2D eigenvalue weighted by Crippen LogP contribution is 2.29. The molecule has 0 bridgehead atoms. The summed E-state index contributed by atoms with van der Waals surface area (Å²) in [6.07, 6.45) is -0.284. The molecule has 23 heavy (non-hydrogen) atoms. The highest BCUT2D eigenvalue weighted by molar-refractivity contribution is 9.10. The molecule has 0 saturated carbocycles. The molecule has 2 aromatic rings. The molecule has 0 aliphatic carbocycles. The van der Waals surface area contributed by atoms with Gasteiger partial charge in [-0.25, -0.2) is 13.2 Å². The van der Waals surface area contributed by atoms with Crippen molar-refractivity contribution in [2.24, 2.45) is 0 Å². The molecule has 1 aromatic carbocycles.